The summed E-state index contributed by atoms with van der Waals surface area (Å²) in [6, 6.07) is 8.23. The molecule has 3 rings (SSSR count). The van der Waals surface area contributed by atoms with Crippen molar-refractivity contribution in [1.82, 2.24) is 9.55 Å². The fourth-order valence-electron chi connectivity index (χ4n) is 2.12. The Bertz CT molecular complexity index is 848. The van der Waals surface area contributed by atoms with Gasteiger partial charge in [0.05, 0.1) is 27.0 Å². The Morgan fingerprint density at radius 3 is 2.57 bits per heavy atom. The third-order valence-electron chi connectivity index (χ3n) is 3.05. The van der Waals surface area contributed by atoms with Gasteiger partial charge in [-0.2, -0.15) is 0 Å². The van der Waals surface area contributed by atoms with Gasteiger partial charge in [-0.3, -0.25) is 4.57 Å². The summed E-state index contributed by atoms with van der Waals surface area (Å²) in [5, 5.41) is 0.621. The molecule has 0 atom stereocenters. The zero-order valence-corrected chi connectivity index (χ0v) is 14.2. The van der Waals surface area contributed by atoms with E-state index < -0.39 is 5.82 Å². The summed E-state index contributed by atoms with van der Waals surface area (Å²) >= 11 is 21.1. The molecule has 0 radical (unpaired) electrons. The Morgan fingerprint density at radius 1 is 1.14 bits per heavy atom. The summed E-state index contributed by atoms with van der Waals surface area (Å²) in [5.41, 5.74) is 1.97. The molecular formula is C14H7BrCl3FN2. The van der Waals surface area contributed by atoms with E-state index in [0.717, 1.165) is 10.2 Å². The molecule has 1 heterocycles. The normalized spacial score (nSPS) is 11.3. The van der Waals surface area contributed by atoms with Crippen LogP contribution in [0.2, 0.25) is 10.0 Å². The molecule has 2 aromatic carbocycles. The van der Waals surface area contributed by atoms with Crippen molar-refractivity contribution >= 4 is 61.8 Å². The molecule has 3 aromatic rings. The molecule has 1 aromatic heterocycles. The van der Waals surface area contributed by atoms with Crippen LogP contribution >= 0.6 is 50.7 Å². The Balaban J connectivity index is 2.34. The Kier molecular flexibility index (Phi) is 4.14. The summed E-state index contributed by atoms with van der Waals surface area (Å²) in [5.74, 6) is 0.288. The highest BCUT2D eigenvalue weighted by Crippen LogP contribution is 2.30. The number of nitrogens with zero attached hydrogens (tertiary/aromatic N) is 2. The van der Waals surface area contributed by atoms with Crippen LogP contribution < -0.4 is 0 Å². The van der Waals surface area contributed by atoms with Gasteiger partial charge in [-0.05, 0) is 40.2 Å². The number of alkyl halides is 1. The first kappa shape index (κ1) is 15.1. The highest BCUT2D eigenvalue weighted by Gasteiger charge is 2.15. The summed E-state index contributed by atoms with van der Waals surface area (Å²) in [7, 11) is 0. The SMILES string of the molecule is Fc1cc2c(cc1Cl)nc(CCl)n2-c1ccc(Cl)c(Br)c1. The molecular weight excluding hydrogens is 401 g/mol. The average molecular weight is 408 g/mol. The lowest BCUT2D eigenvalue weighted by Crippen LogP contribution is -1.99. The summed E-state index contributed by atoms with van der Waals surface area (Å²) < 4.78 is 16.3. The number of imidazole rings is 1. The molecule has 21 heavy (non-hydrogen) atoms. The Morgan fingerprint density at radius 2 is 1.90 bits per heavy atom. The van der Waals surface area contributed by atoms with E-state index in [9.17, 15) is 4.39 Å². The van der Waals surface area contributed by atoms with Crippen LogP contribution in [-0.4, -0.2) is 9.55 Å². The molecule has 0 amide bonds. The van der Waals surface area contributed by atoms with Crippen molar-refractivity contribution in [3.63, 3.8) is 0 Å². The van der Waals surface area contributed by atoms with Crippen molar-refractivity contribution in [2.24, 2.45) is 0 Å². The molecule has 0 N–H and O–H groups in total. The van der Waals surface area contributed by atoms with Gasteiger partial charge in [0.25, 0.3) is 0 Å². The monoisotopic (exact) mass is 406 g/mol. The molecule has 0 fully saturated rings. The van der Waals surface area contributed by atoms with Crippen molar-refractivity contribution < 1.29 is 4.39 Å². The van der Waals surface area contributed by atoms with Gasteiger partial charge in [0.15, 0.2) is 0 Å². The van der Waals surface area contributed by atoms with Crippen molar-refractivity contribution in [3.8, 4) is 5.69 Å². The van der Waals surface area contributed by atoms with E-state index in [0.29, 0.717) is 21.9 Å². The molecule has 0 spiro atoms. The predicted molar refractivity (Wildman–Crippen MR) is 88.3 cm³/mol. The molecule has 7 heteroatoms. The van der Waals surface area contributed by atoms with Crippen LogP contribution in [0.3, 0.4) is 0 Å². The zero-order valence-electron chi connectivity index (χ0n) is 10.4. The van der Waals surface area contributed by atoms with Gasteiger partial charge in [-0.15, -0.1) is 11.6 Å². The van der Waals surface area contributed by atoms with Crippen molar-refractivity contribution in [2.75, 3.05) is 0 Å². The second kappa shape index (κ2) is 5.76. The van der Waals surface area contributed by atoms with Gasteiger partial charge in [0.1, 0.15) is 11.6 Å². The third-order valence-corrected chi connectivity index (χ3v) is 4.79. The number of fused-ring (bicyclic) bond motifs is 1. The number of hydrogen-bond acceptors (Lipinski definition) is 1. The van der Waals surface area contributed by atoms with Crippen LogP contribution in [0.15, 0.2) is 34.8 Å². The van der Waals surface area contributed by atoms with Gasteiger partial charge in [0, 0.05) is 16.2 Å². The Hall–Kier alpha value is -0.810. The van der Waals surface area contributed by atoms with Gasteiger partial charge in [-0.1, -0.05) is 23.2 Å². The van der Waals surface area contributed by atoms with Crippen LogP contribution in [0.4, 0.5) is 4.39 Å². The van der Waals surface area contributed by atoms with E-state index in [1.54, 1.807) is 10.6 Å². The molecule has 108 valence electrons. The molecule has 2 nitrogen and oxygen atoms in total. The number of rotatable bonds is 2. The second-order valence-corrected chi connectivity index (χ2v) is 6.29. The second-order valence-electron chi connectivity index (χ2n) is 4.35. The first-order valence-electron chi connectivity index (χ1n) is 5.89. The number of halogens is 5. The standard InChI is InChI=1S/C14H7BrCl3FN2/c15-8-3-7(1-2-9(8)17)21-13-5-11(19)10(18)4-12(13)20-14(21)6-16/h1-5H,6H2. The van der Waals surface area contributed by atoms with Crippen LogP contribution in [0, 0.1) is 5.82 Å². The van der Waals surface area contributed by atoms with Crippen LogP contribution in [0.5, 0.6) is 0 Å². The van der Waals surface area contributed by atoms with Crippen LogP contribution in [0.25, 0.3) is 16.7 Å². The minimum absolute atomic E-state index is 0.0329. The maximum absolute atomic E-state index is 13.8. The fourth-order valence-corrected chi connectivity index (χ4v) is 2.95. The highest BCUT2D eigenvalue weighted by molar-refractivity contribution is 9.10. The third kappa shape index (κ3) is 2.66. The smallest absolute Gasteiger partial charge is 0.144 e. The van der Waals surface area contributed by atoms with E-state index in [1.165, 1.54) is 12.1 Å². The minimum atomic E-state index is -0.500. The first-order valence-corrected chi connectivity index (χ1v) is 7.97. The van der Waals surface area contributed by atoms with Gasteiger partial charge >= 0.3 is 0 Å². The predicted octanol–water partition coefficient (Wildman–Crippen LogP) is 5.97. The molecule has 0 saturated carbocycles. The summed E-state index contributed by atoms with van der Waals surface area (Å²) in [4.78, 5) is 4.39. The quantitative estimate of drug-likeness (QED) is 0.478. The van der Waals surface area contributed by atoms with E-state index >= 15 is 0 Å². The molecule has 0 unspecified atom stereocenters. The van der Waals surface area contributed by atoms with Crippen molar-refractivity contribution in [1.29, 1.82) is 0 Å². The van der Waals surface area contributed by atoms with E-state index in [1.807, 2.05) is 12.1 Å². The van der Waals surface area contributed by atoms with E-state index in [2.05, 4.69) is 20.9 Å². The molecule has 0 aliphatic carbocycles. The number of aromatic nitrogens is 2. The number of hydrogen-bond donors (Lipinski definition) is 0. The lowest BCUT2D eigenvalue weighted by molar-refractivity contribution is 0.629. The zero-order chi connectivity index (χ0) is 15.1. The van der Waals surface area contributed by atoms with Gasteiger partial charge in [-0.25, -0.2) is 9.37 Å². The van der Waals surface area contributed by atoms with Crippen LogP contribution in [-0.2, 0) is 5.88 Å². The maximum Gasteiger partial charge on any atom is 0.144 e. The van der Waals surface area contributed by atoms with E-state index in [4.69, 9.17) is 34.8 Å². The summed E-state index contributed by atoms with van der Waals surface area (Å²) in [6.07, 6.45) is 0. The lowest BCUT2D eigenvalue weighted by atomic mass is 10.2. The summed E-state index contributed by atoms with van der Waals surface area (Å²) in [6.45, 7) is 0. The van der Waals surface area contributed by atoms with Crippen molar-refractivity contribution in [2.45, 2.75) is 5.88 Å². The molecule has 0 aliphatic heterocycles. The lowest BCUT2D eigenvalue weighted by Gasteiger charge is -2.09. The molecule has 0 aliphatic rings. The first-order chi connectivity index (χ1) is 10.0. The van der Waals surface area contributed by atoms with Crippen molar-refractivity contribution in [3.05, 3.63) is 56.5 Å². The largest absolute Gasteiger partial charge is 0.295 e. The van der Waals surface area contributed by atoms with Gasteiger partial charge in [0.2, 0.25) is 0 Å². The highest BCUT2D eigenvalue weighted by atomic mass is 79.9. The molecule has 0 bridgehead atoms. The van der Waals surface area contributed by atoms with Gasteiger partial charge < -0.3 is 0 Å². The molecule has 0 saturated heterocycles. The maximum atomic E-state index is 13.8. The van der Waals surface area contributed by atoms with Crippen LogP contribution in [0.1, 0.15) is 5.82 Å². The number of benzene rings is 2. The fraction of sp³-hybridized carbons (Fsp3) is 0.0714. The topological polar surface area (TPSA) is 17.8 Å². The Labute approximate surface area is 143 Å². The average Bonchev–Trinajstić information content (AvgIpc) is 2.80. The minimum Gasteiger partial charge on any atom is -0.295 e. The van der Waals surface area contributed by atoms with E-state index in [-0.39, 0.29) is 10.9 Å².